The highest BCUT2D eigenvalue weighted by atomic mass is 19.1. The van der Waals surface area contributed by atoms with E-state index in [1.807, 2.05) is 0 Å². The van der Waals surface area contributed by atoms with Gasteiger partial charge in [-0.25, -0.2) is 9.38 Å². The lowest BCUT2D eigenvalue weighted by molar-refractivity contribution is 0.103. The Bertz CT molecular complexity index is 752. The van der Waals surface area contributed by atoms with Crippen LogP contribution < -0.4 is 17.2 Å². The average Bonchev–Trinajstić information content (AvgIpc) is 2.48. The highest BCUT2D eigenvalue weighted by Gasteiger charge is 2.14. The molecule has 0 atom stereocenters. The number of halogens is 1. The monoisotopic (exact) mass is 299 g/mol. The smallest absolute Gasteiger partial charge is 0.223 e. The zero-order valence-electron chi connectivity index (χ0n) is 11.5. The molecule has 0 unspecified atom stereocenters. The fraction of sp³-hybridized carbons (Fsp3) is 0. The van der Waals surface area contributed by atoms with E-state index in [0.717, 1.165) is 6.07 Å². The third-order valence-electron chi connectivity index (χ3n) is 2.72. The summed E-state index contributed by atoms with van der Waals surface area (Å²) in [4.78, 5) is 20.0. The second-order valence-electron chi connectivity index (χ2n) is 4.36. The maximum Gasteiger partial charge on any atom is 0.223 e. The molecular formula is C15H14FN5O. The Morgan fingerprint density at radius 2 is 1.68 bits per heavy atom. The number of benzene rings is 2. The van der Waals surface area contributed by atoms with Crippen LogP contribution >= 0.6 is 0 Å². The number of nitrogens with zero attached hydrogens (tertiary/aromatic N) is 2. The first-order valence-electron chi connectivity index (χ1n) is 6.30. The van der Waals surface area contributed by atoms with E-state index in [-0.39, 0.29) is 29.0 Å². The van der Waals surface area contributed by atoms with Gasteiger partial charge in [0.15, 0.2) is 11.7 Å². The van der Waals surface area contributed by atoms with Crippen molar-refractivity contribution in [2.24, 2.45) is 27.2 Å². The fourth-order valence-corrected chi connectivity index (χ4v) is 1.81. The second-order valence-corrected chi connectivity index (χ2v) is 4.36. The van der Waals surface area contributed by atoms with Crippen LogP contribution in [0.1, 0.15) is 15.9 Å². The van der Waals surface area contributed by atoms with E-state index in [1.165, 1.54) is 12.1 Å². The molecule has 2 rings (SSSR count). The van der Waals surface area contributed by atoms with Crippen molar-refractivity contribution in [2.45, 2.75) is 0 Å². The van der Waals surface area contributed by atoms with E-state index in [1.54, 1.807) is 30.3 Å². The number of hydrogen-bond acceptors (Lipinski definition) is 2. The normalized spacial score (nSPS) is 11.0. The molecule has 0 aliphatic rings. The Morgan fingerprint density at radius 1 is 1.00 bits per heavy atom. The standard InChI is InChI=1S/C15H14FN5O/c16-10-6-7-12(20-15(19)21-14(17)18)11(8-10)13(22)9-4-2-1-3-5-9/h1-8H,(H6,17,18,19,20,21). The molecule has 0 aliphatic carbocycles. The van der Waals surface area contributed by atoms with E-state index in [4.69, 9.17) is 17.2 Å². The summed E-state index contributed by atoms with van der Waals surface area (Å²) >= 11 is 0. The lowest BCUT2D eigenvalue weighted by Gasteiger charge is -2.06. The third kappa shape index (κ3) is 3.66. The first kappa shape index (κ1) is 15.2. The van der Waals surface area contributed by atoms with E-state index >= 15 is 0 Å². The van der Waals surface area contributed by atoms with Crippen molar-refractivity contribution < 1.29 is 9.18 Å². The molecule has 7 heteroatoms. The van der Waals surface area contributed by atoms with E-state index < -0.39 is 5.82 Å². The van der Waals surface area contributed by atoms with Crippen LogP contribution in [0.25, 0.3) is 0 Å². The number of ketones is 1. The maximum absolute atomic E-state index is 13.5. The molecule has 22 heavy (non-hydrogen) atoms. The van der Waals surface area contributed by atoms with Gasteiger partial charge in [0.05, 0.1) is 11.3 Å². The van der Waals surface area contributed by atoms with Crippen LogP contribution in [0, 0.1) is 5.82 Å². The second kappa shape index (κ2) is 6.49. The van der Waals surface area contributed by atoms with Gasteiger partial charge in [-0.05, 0) is 18.2 Å². The van der Waals surface area contributed by atoms with Crippen molar-refractivity contribution >= 4 is 23.4 Å². The molecule has 6 nitrogen and oxygen atoms in total. The Labute approximate surface area is 126 Å². The van der Waals surface area contributed by atoms with Gasteiger partial charge in [0.25, 0.3) is 0 Å². The summed E-state index contributed by atoms with van der Waals surface area (Å²) in [6.07, 6.45) is 0. The molecule has 2 aromatic carbocycles. The van der Waals surface area contributed by atoms with E-state index in [0.29, 0.717) is 5.56 Å². The van der Waals surface area contributed by atoms with Gasteiger partial charge in [0.1, 0.15) is 5.82 Å². The van der Waals surface area contributed by atoms with Gasteiger partial charge in [-0.2, -0.15) is 4.99 Å². The Hall–Kier alpha value is -3.22. The third-order valence-corrected chi connectivity index (χ3v) is 2.72. The number of carbonyl (C=O) groups excluding carboxylic acids is 1. The minimum Gasteiger partial charge on any atom is -0.370 e. The van der Waals surface area contributed by atoms with Crippen LogP contribution in [0.2, 0.25) is 0 Å². The van der Waals surface area contributed by atoms with Gasteiger partial charge in [0.2, 0.25) is 5.96 Å². The van der Waals surface area contributed by atoms with Crippen LogP contribution in [0.5, 0.6) is 0 Å². The predicted molar refractivity (Wildman–Crippen MR) is 83.4 cm³/mol. The molecule has 0 amide bonds. The van der Waals surface area contributed by atoms with Crippen molar-refractivity contribution in [2.75, 3.05) is 0 Å². The van der Waals surface area contributed by atoms with Crippen LogP contribution in [-0.2, 0) is 0 Å². The number of aliphatic imine (C=N–C) groups is 2. The molecule has 0 saturated carbocycles. The topological polar surface area (TPSA) is 120 Å². The van der Waals surface area contributed by atoms with Crippen molar-refractivity contribution in [3.8, 4) is 0 Å². The van der Waals surface area contributed by atoms with Gasteiger partial charge < -0.3 is 17.2 Å². The lowest BCUT2D eigenvalue weighted by atomic mass is 10.0. The Kier molecular flexibility index (Phi) is 4.47. The molecule has 0 saturated heterocycles. The van der Waals surface area contributed by atoms with Crippen molar-refractivity contribution in [3.63, 3.8) is 0 Å². The summed E-state index contributed by atoms with van der Waals surface area (Å²) in [5.41, 5.74) is 16.6. The van der Waals surface area contributed by atoms with Crippen molar-refractivity contribution in [1.82, 2.24) is 0 Å². The molecule has 0 aromatic heterocycles. The predicted octanol–water partition coefficient (Wildman–Crippen LogP) is 1.28. The fourth-order valence-electron chi connectivity index (χ4n) is 1.81. The minimum atomic E-state index is -0.557. The molecule has 6 N–H and O–H groups in total. The Morgan fingerprint density at radius 3 is 2.32 bits per heavy atom. The average molecular weight is 299 g/mol. The van der Waals surface area contributed by atoms with Crippen LogP contribution in [0.15, 0.2) is 58.5 Å². The first-order valence-corrected chi connectivity index (χ1v) is 6.30. The number of guanidine groups is 2. The highest BCUT2D eigenvalue weighted by molar-refractivity contribution is 6.12. The molecular weight excluding hydrogens is 285 g/mol. The minimum absolute atomic E-state index is 0.0694. The van der Waals surface area contributed by atoms with Crippen molar-refractivity contribution in [1.29, 1.82) is 0 Å². The lowest BCUT2D eigenvalue weighted by Crippen LogP contribution is -2.26. The number of rotatable bonds is 3. The van der Waals surface area contributed by atoms with Gasteiger partial charge in [-0.3, -0.25) is 4.79 Å². The maximum atomic E-state index is 13.5. The van der Waals surface area contributed by atoms with Gasteiger partial charge in [-0.1, -0.05) is 30.3 Å². The molecule has 0 aliphatic heterocycles. The number of carbonyl (C=O) groups is 1. The zero-order valence-corrected chi connectivity index (χ0v) is 11.5. The quantitative estimate of drug-likeness (QED) is 0.449. The highest BCUT2D eigenvalue weighted by Crippen LogP contribution is 2.23. The summed E-state index contributed by atoms with van der Waals surface area (Å²) < 4.78 is 13.5. The zero-order chi connectivity index (χ0) is 16.1. The molecule has 112 valence electrons. The molecule has 0 radical (unpaired) electrons. The molecule has 2 aromatic rings. The van der Waals surface area contributed by atoms with Gasteiger partial charge in [-0.15, -0.1) is 0 Å². The Balaban J connectivity index is 2.49. The summed E-state index contributed by atoms with van der Waals surface area (Å²) in [6.45, 7) is 0. The van der Waals surface area contributed by atoms with Crippen LogP contribution in [0.3, 0.4) is 0 Å². The van der Waals surface area contributed by atoms with Crippen LogP contribution in [0.4, 0.5) is 10.1 Å². The summed E-state index contributed by atoms with van der Waals surface area (Å²) in [6, 6.07) is 12.0. The van der Waals surface area contributed by atoms with Gasteiger partial charge >= 0.3 is 0 Å². The first-order chi connectivity index (χ1) is 10.5. The van der Waals surface area contributed by atoms with Crippen LogP contribution in [-0.4, -0.2) is 17.7 Å². The van der Waals surface area contributed by atoms with E-state index in [2.05, 4.69) is 9.98 Å². The van der Waals surface area contributed by atoms with Gasteiger partial charge in [0, 0.05) is 5.56 Å². The summed E-state index contributed by atoms with van der Waals surface area (Å²) in [5, 5.41) is 0. The van der Waals surface area contributed by atoms with E-state index in [9.17, 15) is 9.18 Å². The number of nitrogens with two attached hydrogens (primary N) is 3. The van der Waals surface area contributed by atoms with Crippen molar-refractivity contribution in [3.05, 3.63) is 65.5 Å². The molecule has 0 spiro atoms. The molecule has 0 heterocycles. The summed E-state index contributed by atoms with van der Waals surface area (Å²) in [5.74, 6) is -1.43. The SMILES string of the molecule is NC(N)=NC(N)=Nc1ccc(F)cc1C(=O)c1ccccc1. The largest absolute Gasteiger partial charge is 0.370 e. The molecule has 0 bridgehead atoms. The molecule has 0 fully saturated rings. The summed E-state index contributed by atoms with van der Waals surface area (Å²) in [7, 11) is 0. The number of hydrogen-bond donors (Lipinski definition) is 3.